The van der Waals surface area contributed by atoms with E-state index in [0.717, 1.165) is 18.8 Å². The lowest BCUT2D eigenvalue weighted by Gasteiger charge is -2.59. The maximum absolute atomic E-state index is 11.8. The molecular weight excluding hydrogens is 304 g/mol. The van der Waals surface area contributed by atoms with E-state index in [-0.39, 0.29) is 17.4 Å². The third-order valence-corrected chi connectivity index (χ3v) is 6.21. The zero-order valence-corrected chi connectivity index (χ0v) is 14.8. The molecule has 2 atom stereocenters. The van der Waals surface area contributed by atoms with Crippen LogP contribution in [-0.2, 0) is 19.1 Å². The molecule has 4 rings (SSSR count). The van der Waals surface area contributed by atoms with E-state index in [0.29, 0.717) is 42.1 Å². The zero-order chi connectivity index (χ0) is 17.5. The van der Waals surface area contributed by atoms with Crippen LogP contribution in [0, 0.1) is 29.1 Å². The number of hydrogen-bond acceptors (Lipinski definition) is 4. The summed E-state index contributed by atoms with van der Waals surface area (Å²) in [5.74, 6) is 1.79. The van der Waals surface area contributed by atoms with E-state index in [1.807, 2.05) is 0 Å². The van der Waals surface area contributed by atoms with E-state index >= 15 is 0 Å². The molecule has 0 heterocycles. The average Bonchev–Trinajstić information content (AvgIpc) is 2.50. The summed E-state index contributed by atoms with van der Waals surface area (Å²) in [7, 11) is 0. The molecule has 2 unspecified atom stereocenters. The molecule has 4 aliphatic rings. The van der Waals surface area contributed by atoms with E-state index in [1.165, 1.54) is 19.3 Å². The molecule has 4 heteroatoms. The number of hydrogen-bond donors (Lipinski definition) is 0. The molecule has 0 N–H and O–H groups in total. The number of carbonyl (C=O) groups is 2. The molecule has 0 aromatic carbocycles. The summed E-state index contributed by atoms with van der Waals surface area (Å²) >= 11 is 0. The van der Waals surface area contributed by atoms with Crippen LogP contribution in [0.15, 0.2) is 24.3 Å². The summed E-state index contributed by atoms with van der Waals surface area (Å²) in [4.78, 5) is 23.4. The first kappa shape index (κ1) is 17.2. The predicted octanol–water partition coefficient (Wildman–Crippen LogP) is 3.67. The Balaban J connectivity index is 1.62. The average molecular weight is 332 g/mol. The molecule has 0 saturated heterocycles. The van der Waals surface area contributed by atoms with Crippen LogP contribution >= 0.6 is 0 Å². The van der Waals surface area contributed by atoms with E-state index < -0.39 is 0 Å². The van der Waals surface area contributed by atoms with Crippen molar-refractivity contribution in [2.45, 2.75) is 46.0 Å². The Morgan fingerprint density at radius 3 is 2.04 bits per heavy atom. The molecule has 0 amide bonds. The van der Waals surface area contributed by atoms with Gasteiger partial charge in [0, 0.05) is 16.6 Å². The number of carbonyl (C=O) groups excluding carboxylic acids is 2. The molecule has 0 spiro atoms. The van der Waals surface area contributed by atoms with E-state index in [9.17, 15) is 9.59 Å². The molecular formula is C20H28O4. The molecule has 132 valence electrons. The topological polar surface area (TPSA) is 52.6 Å². The van der Waals surface area contributed by atoms with Crippen LogP contribution in [0.4, 0.5) is 0 Å². The van der Waals surface area contributed by atoms with Crippen molar-refractivity contribution in [3.63, 3.8) is 0 Å². The molecule has 0 aromatic heterocycles. The molecule has 4 aliphatic carbocycles. The smallest absolute Gasteiger partial charge is 0.333 e. The van der Waals surface area contributed by atoms with Gasteiger partial charge in [0.05, 0.1) is 13.2 Å². The highest BCUT2D eigenvalue weighted by molar-refractivity contribution is 5.87. The molecule has 0 aliphatic heterocycles. The van der Waals surface area contributed by atoms with Crippen molar-refractivity contribution in [1.82, 2.24) is 0 Å². The van der Waals surface area contributed by atoms with Crippen LogP contribution in [0.1, 0.15) is 46.0 Å². The molecule has 24 heavy (non-hydrogen) atoms. The highest BCUT2D eigenvalue weighted by Crippen LogP contribution is 2.62. The Morgan fingerprint density at radius 1 is 0.958 bits per heavy atom. The Bertz CT molecular complexity index is 560. The van der Waals surface area contributed by atoms with Gasteiger partial charge in [-0.15, -0.1) is 0 Å². The molecule has 4 saturated carbocycles. The fraction of sp³-hybridized carbons (Fsp3) is 0.700. The van der Waals surface area contributed by atoms with Gasteiger partial charge in [-0.05, 0) is 69.6 Å². The minimum Gasteiger partial charge on any atom is -0.462 e. The zero-order valence-electron chi connectivity index (χ0n) is 14.8. The first-order chi connectivity index (χ1) is 11.3. The van der Waals surface area contributed by atoms with Gasteiger partial charge < -0.3 is 9.47 Å². The fourth-order valence-corrected chi connectivity index (χ4v) is 5.38. The van der Waals surface area contributed by atoms with Gasteiger partial charge in [0.1, 0.15) is 0 Å². The second-order valence-electron chi connectivity index (χ2n) is 8.37. The van der Waals surface area contributed by atoms with Crippen molar-refractivity contribution in [2.75, 3.05) is 13.2 Å². The van der Waals surface area contributed by atoms with Crippen molar-refractivity contribution in [1.29, 1.82) is 0 Å². The number of rotatable bonds is 6. The van der Waals surface area contributed by atoms with Gasteiger partial charge in [0.15, 0.2) is 0 Å². The van der Waals surface area contributed by atoms with E-state index in [4.69, 9.17) is 9.47 Å². The maximum atomic E-state index is 11.8. The van der Waals surface area contributed by atoms with Crippen molar-refractivity contribution in [3.8, 4) is 0 Å². The molecule has 0 aromatic rings. The second-order valence-corrected chi connectivity index (χ2v) is 8.37. The largest absolute Gasteiger partial charge is 0.462 e. The summed E-state index contributed by atoms with van der Waals surface area (Å²) in [6, 6.07) is 0. The Kier molecular flexibility index (Phi) is 4.58. The van der Waals surface area contributed by atoms with E-state index in [2.05, 4.69) is 13.2 Å². The molecule has 4 fully saturated rings. The van der Waals surface area contributed by atoms with Gasteiger partial charge in [0.25, 0.3) is 0 Å². The standard InChI is InChI=1S/C20H28O4/c1-12(2)18(21)23-10-17-15-5-14-6-16(17)9-20(7-14,8-15)11-24-19(22)13(3)4/h14-17H,1,3,5-11H2,2,4H3. The third kappa shape index (κ3) is 3.28. The number of esters is 2. The molecule has 0 radical (unpaired) electrons. The minimum atomic E-state index is -0.283. The predicted molar refractivity (Wildman–Crippen MR) is 91.0 cm³/mol. The first-order valence-corrected chi connectivity index (χ1v) is 8.95. The summed E-state index contributed by atoms with van der Waals surface area (Å²) in [5, 5.41) is 0. The second kappa shape index (κ2) is 6.38. The van der Waals surface area contributed by atoms with Crippen molar-refractivity contribution >= 4 is 11.9 Å². The van der Waals surface area contributed by atoms with Crippen LogP contribution in [-0.4, -0.2) is 25.2 Å². The summed E-state index contributed by atoms with van der Waals surface area (Å²) in [5.41, 5.74) is 1.06. The van der Waals surface area contributed by atoms with Crippen LogP contribution in [0.25, 0.3) is 0 Å². The maximum Gasteiger partial charge on any atom is 0.333 e. The highest BCUT2D eigenvalue weighted by Gasteiger charge is 2.55. The van der Waals surface area contributed by atoms with Gasteiger partial charge in [0.2, 0.25) is 0 Å². The SMILES string of the molecule is C=C(C)C(=O)OCC1C2CC3CC1CC(COC(=O)C(=C)C)(C3)C2. The quantitative estimate of drug-likeness (QED) is 0.550. The summed E-state index contributed by atoms with van der Waals surface area (Å²) < 4.78 is 11.0. The third-order valence-electron chi connectivity index (χ3n) is 6.21. The van der Waals surface area contributed by atoms with Gasteiger partial charge >= 0.3 is 11.9 Å². The van der Waals surface area contributed by atoms with Crippen molar-refractivity contribution < 1.29 is 19.1 Å². The highest BCUT2D eigenvalue weighted by atomic mass is 16.5. The van der Waals surface area contributed by atoms with Gasteiger partial charge in [-0.2, -0.15) is 0 Å². The first-order valence-electron chi connectivity index (χ1n) is 8.95. The van der Waals surface area contributed by atoms with Crippen LogP contribution in [0.2, 0.25) is 0 Å². The van der Waals surface area contributed by atoms with Crippen molar-refractivity contribution in [2.24, 2.45) is 29.1 Å². The molecule has 4 nitrogen and oxygen atoms in total. The molecule has 4 bridgehead atoms. The van der Waals surface area contributed by atoms with Gasteiger partial charge in [-0.3, -0.25) is 0 Å². The Labute approximate surface area is 144 Å². The summed E-state index contributed by atoms with van der Waals surface area (Å²) in [6.45, 7) is 11.7. The normalized spacial score (nSPS) is 36.2. The Hall–Kier alpha value is -1.58. The monoisotopic (exact) mass is 332 g/mol. The van der Waals surface area contributed by atoms with Crippen molar-refractivity contribution in [3.05, 3.63) is 24.3 Å². The van der Waals surface area contributed by atoms with Crippen LogP contribution < -0.4 is 0 Å². The minimum absolute atomic E-state index is 0.135. The fourth-order valence-electron chi connectivity index (χ4n) is 5.38. The Morgan fingerprint density at radius 2 is 1.50 bits per heavy atom. The lowest BCUT2D eigenvalue weighted by Crippen LogP contribution is -2.54. The van der Waals surface area contributed by atoms with Crippen LogP contribution in [0.3, 0.4) is 0 Å². The van der Waals surface area contributed by atoms with Gasteiger partial charge in [-0.1, -0.05) is 13.2 Å². The van der Waals surface area contributed by atoms with Gasteiger partial charge in [-0.25, -0.2) is 9.59 Å². The van der Waals surface area contributed by atoms with E-state index in [1.54, 1.807) is 13.8 Å². The lowest BCUT2D eigenvalue weighted by molar-refractivity contribution is -0.165. The summed E-state index contributed by atoms with van der Waals surface area (Å²) in [6.07, 6.45) is 5.78. The lowest BCUT2D eigenvalue weighted by atomic mass is 9.46. The number of ether oxygens (including phenoxy) is 2. The van der Waals surface area contributed by atoms with Crippen LogP contribution in [0.5, 0.6) is 0 Å².